The molecule has 4 rings (SSSR count). The van der Waals surface area contributed by atoms with E-state index in [0.29, 0.717) is 22.8 Å². The second-order valence-corrected chi connectivity index (χ2v) is 9.46. The zero-order valence-corrected chi connectivity index (χ0v) is 19.9. The summed E-state index contributed by atoms with van der Waals surface area (Å²) in [5.41, 5.74) is 2.48. The van der Waals surface area contributed by atoms with Crippen LogP contribution in [0.5, 0.6) is 0 Å². The van der Waals surface area contributed by atoms with E-state index in [4.69, 9.17) is 4.98 Å². The summed E-state index contributed by atoms with van der Waals surface area (Å²) in [6, 6.07) is 4.30. The lowest BCUT2D eigenvalue weighted by molar-refractivity contribution is -0.138. The number of unbranched alkanes of at least 4 members (excludes halogenated alkanes) is 1. The monoisotopic (exact) mass is 502 g/mol. The Bertz CT molecular complexity index is 923. The molecule has 0 amide bonds. The van der Waals surface area contributed by atoms with Gasteiger partial charge in [0, 0.05) is 31.0 Å². The quantitative estimate of drug-likeness (QED) is 0.377. The summed E-state index contributed by atoms with van der Waals surface area (Å²) >= 11 is 3.37. The number of rotatable bonds is 12. The first-order chi connectivity index (χ1) is 15.6. The fourth-order valence-electron chi connectivity index (χ4n) is 4.18. The van der Waals surface area contributed by atoms with Crippen LogP contribution in [-0.2, 0) is 17.6 Å². The molecule has 1 aliphatic carbocycles. The first-order valence-corrected chi connectivity index (χ1v) is 12.3. The molecule has 8 nitrogen and oxygen atoms in total. The molecule has 1 saturated carbocycles. The third-order valence-electron chi connectivity index (χ3n) is 6.12. The number of aryl methyl sites for hydroxylation is 2. The smallest absolute Gasteiger partial charge is 0.326 e. The summed E-state index contributed by atoms with van der Waals surface area (Å²) < 4.78 is 0.663. The van der Waals surface area contributed by atoms with Crippen molar-refractivity contribution in [3.63, 3.8) is 0 Å². The number of carboxylic acid groups (broad SMARTS) is 1. The van der Waals surface area contributed by atoms with Crippen LogP contribution in [0.3, 0.4) is 0 Å². The largest absolute Gasteiger partial charge is 0.480 e. The SMILES string of the molecule is O=C(O)C(CCN(CCCCc1ccc2c(n1)NCCC2)C1CC1)Nc1ncncc1Br. The maximum absolute atomic E-state index is 11.8. The summed E-state index contributed by atoms with van der Waals surface area (Å²) in [5, 5.41) is 16.1. The predicted molar refractivity (Wildman–Crippen MR) is 128 cm³/mol. The number of aliphatic carboxylic acids is 1. The summed E-state index contributed by atoms with van der Waals surface area (Å²) in [6.45, 7) is 2.77. The molecule has 1 atom stereocenters. The van der Waals surface area contributed by atoms with E-state index in [9.17, 15) is 9.90 Å². The van der Waals surface area contributed by atoms with Gasteiger partial charge in [0.15, 0.2) is 0 Å². The Morgan fingerprint density at radius 2 is 2.19 bits per heavy atom. The van der Waals surface area contributed by atoms with E-state index in [0.717, 1.165) is 56.8 Å². The average Bonchev–Trinajstić information content (AvgIpc) is 3.64. The van der Waals surface area contributed by atoms with Crippen molar-refractivity contribution in [3.05, 3.63) is 40.4 Å². The first kappa shape index (κ1) is 22.9. The van der Waals surface area contributed by atoms with Gasteiger partial charge in [0.25, 0.3) is 0 Å². The zero-order chi connectivity index (χ0) is 22.3. The Morgan fingerprint density at radius 1 is 1.31 bits per heavy atom. The predicted octanol–water partition coefficient (Wildman–Crippen LogP) is 3.73. The molecule has 0 aromatic carbocycles. The Kier molecular flexibility index (Phi) is 7.91. The molecule has 2 aromatic rings. The van der Waals surface area contributed by atoms with Gasteiger partial charge >= 0.3 is 5.97 Å². The maximum Gasteiger partial charge on any atom is 0.326 e. The molecule has 0 bridgehead atoms. The molecule has 32 heavy (non-hydrogen) atoms. The number of carbonyl (C=O) groups is 1. The molecule has 0 spiro atoms. The normalized spacial score (nSPS) is 16.3. The number of hydrogen-bond donors (Lipinski definition) is 3. The topological polar surface area (TPSA) is 103 Å². The fourth-order valence-corrected chi connectivity index (χ4v) is 4.52. The Balaban J connectivity index is 1.24. The second kappa shape index (κ2) is 11.0. The van der Waals surface area contributed by atoms with Gasteiger partial charge in [-0.2, -0.15) is 0 Å². The minimum atomic E-state index is -0.863. The minimum absolute atomic E-state index is 0.511. The van der Waals surface area contributed by atoms with Crippen LogP contribution in [0.25, 0.3) is 0 Å². The van der Waals surface area contributed by atoms with E-state index in [1.807, 2.05) is 0 Å². The molecule has 0 radical (unpaired) electrons. The summed E-state index contributed by atoms with van der Waals surface area (Å²) in [5.74, 6) is 0.714. The second-order valence-electron chi connectivity index (χ2n) is 8.61. The standard InChI is InChI=1S/C23H31BrN6O2/c24-19-14-25-15-27-22(19)29-20(23(31)32)10-13-30(18-8-9-18)12-2-1-5-17-7-6-16-4-3-11-26-21(16)28-17/h6-7,14-15,18,20H,1-5,8-13H2,(H,26,28)(H,31,32)(H,25,27,29). The van der Waals surface area contributed by atoms with Crippen molar-refractivity contribution in [1.82, 2.24) is 19.9 Å². The van der Waals surface area contributed by atoms with Crippen molar-refractivity contribution in [2.45, 2.75) is 63.5 Å². The Hall–Kier alpha value is -2.26. The van der Waals surface area contributed by atoms with Crippen LogP contribution in [-0.4, -0.2) is 62.6 Å². The molecule has 3 N–H and O–H groups in total. The Labute approximate surface area is 197 Å². The summed E-state index contributed by atoms with van der Waals surface area (Å²) in [4.78, 5) is 27.1. The van der Waals surface area contributed by atoms with Gasteiger partial charge in [-0.3, -0.25) is 0 Å². The number of nitrogens with one attached hydrogen (secondary N) is 2. The van der Waals surface area contributed by atoms with Crippen LogP contribution in [0.4, 0.5) is 11.6 Å². The zero-order valence-electron chi connectivity index (χ0n) is 18.3. The minimum Gasteiger partial charge on any atom is -0.480 e. The number of fused-ring (bicyclic) bond motifs is 1. The molecule has 1 fully saturated rings. The average molecular weight is 503 g/mol. The number of pyridine rings is 1. The van der Waals surface area contributed by atoms with Gasteiger partial charge in [-0.05, 0) is 85.5 Å². The highest BCUT2D eigenvalue weighted by Crippen LogP contribution is 2.28. The number of aromatic nitrogens is 3. The van der Waals surface area contributed by atoms with E-state index in [-0.39, 0.29) is 0 Å². The third kappa shape index (κ3) is 6.38. The van der Waals surface area contributed by atoms with Gasteiger partial charge in [0.1, 0.15) is 24.0 Å². The van der Waals surface area contributed by atoms with E-state index in [2.05, 4.69) is 53.6 Å². The van der Waals surface area contributed by atoms with Crippen LogP contribution in [0.2, 0.25) is 0 Å². The summed E-state index contributed by atoms with van der Waals surface area (Å²) in [7, 11) is 0. The van der Waals surface area contributed by atoms with Crippen molar-refractivity contribution in [2.75, 3.05) is 30.3 Å². The molecule has 2 aromatic heterocycles. The van der Waals surface area contributed by atoms with Gasteiger partial charge in [-0.15, -0.1) is 0 Å². The highest BCUT2D eigenvalue weighted by Gasteiger charge is 2.30. The Morgan fingerprint density at radius 3 is 2.97 bits per heavy atom. The van der Waals surface area contributed by atoms with Crippen molar-refractivity contribution < 1.29 is 9.90 Å². The molecule has 1 aliphatic heterocycles. The number of nitrogens with zero attached hydrogens (tertiary/aromatic N) is 4. The molecule has 2 aliphatic rings. The van der Waals surface area contributed by atoms with Crippen LogP contribution >= 0.6 is 15.9 Å². The lowest BCUT2D eigenvalue weighted by atomic mass is 10.1. The number of halogens is 1. The maximum atomic E-state index is 11.8. The van der Waals surface area contributed by atoms with Gasteiger partial charge < -0.3 is 20.6 Å². The van der Waals surface area contributed by atoms with Crippen molar-refractivity contribution >= 4 is 33.5 Å². The highest BCUT2D eigenvalue weighted by molar-refractivity contribution is 9.10. The van der Waals surface area contributed by atoms with Crippen LogP contribution in [0, 0.1) is 0 Å². The highest BCUT2D eigenvalue weighted by atomic mass is 79.9. The molecule has 1 unspecified atom stereocenters. The van der Waals surface area contributed by atoms with Gasteiger partial charge in [-0.1, -0.05) is 6.07 Å². The van der Waals surface area contributed by atoms with E-state index in [1.54, 1.807) is 6.20 Å². The van der Waals surface area contributed by atoms with E-state index >= 15 is 0 Å². The third-order valence-corrected chi connectivity index (χ3v) is 6.71. The van der Waals surface area contributed by atoms with Crippen LogP contribution < -0.4 is 10.6 Å². The number of carboxylic acids is 1. The van der Waals surface area contributed by atoms with Gasteiger partial charge in [0.05, 0.1) is 4.47 Å². The fraction of sp³-hybridized carbons (Fsp3) is 0.565. The first-order valence-electron chi connectivity index (χ1n) is 11.5. The van der Waals surface area contributed by atoms with Crippen LogP contribution in [0.15, 0.2) is 29.1 Å². The molecule has 172 valence electrons. The number of anilines is 2. The van der Waals surface area contributed by atoms with Crippen LogP contribution in [0.1, 0.15) is 49.8 Å². The molecular weight excluding hydrogens is 472 g/mol. The lowest BCUT2D eigenvalue weighted by Gasteiger charge is -2.24. The molecule has 0 saturated heterocycles. The molecular formula is C23H31BrN6O2. The van der Waals surface area contributed by atoms with Crippen molar-refractivity contribution in [1.29, 1.82) is 0 Å². The van der Waals surface area contributed by atoms with Gasteiger partial charge in [-0.25, -0.2) is 19.7 Å². The molecule has 3 heterocycles. The van der Waals surface area contributed by atoms with E-state index < -0.39 is 12.0 Å². The van der Waals surface area contributed by atoms with E-state index in [1.165, 1.54) is 31.2 Å². The van der Waals surface area contributed by atoms with Crippen molar-refractivity contribution in [2.24, 2.45) is 0 Å². The van der Waals surface area contributed by atoms with Crippen molar-refractivity contribution in [3.8, 4) is 0 Å². The number of hydrogen-bond acceptors (Lipinski definition) is 7. The lowest BCUT2D eigenvalue weighted by Crippen LogP contribution is -2.36. The van der Waals surface area contributed by atoms with Gasteiger partial charge in [0.2, 0.25) is 0 Å². The summed E-state index contributed by atoms with van der Waals surface area (Å²) in [6.07, 6.45) is 11.4. The molecule has 9 heteroatoms.